The van der Waals surface area contributed by atoms with Gasteiger partial charge in [0.15, 0.2) is 5.69 Å². The van der Waals surface area contributed by atoms with Crippen molar-refractivity contribution in [3.05, 3.63) is 47.3 Å². The molecule has 1 amide bonds. The number of rotatable bonds is 7. The lowest BCUT2D eigenvalue weighted by molar-refractivity contribution is 0.0921. The maximum absolute atomic E-state index is 12.3. The van der Waals surface area contributed by atoms with Crippen molar-refractivity contribution in [2.75, 3.05) is 7.05 Å². The van der Waals surface area contributed by atoms with Gasteiger partial charge < -0.3 is 9.84 Å². The second kappa shape index (κ2) is 8.14. The van der Waals surface area contributed by atoms with Crippen LogP contribution < -0.4 is 15.8 Å². The molecule has 1 aromatic heterocycles. The third kappa shape index (κ3) is 4.82. The lowest BCUT2D eigenvalue weighted by Gasteiger charge is -2.17. The molecule has 124 valence electrons. The van der Waals surface area contributed by atoms with Crippen molar-refractivity contribution >= 4 is 17.9 Å². The second-order valence-corrected chi connectivity index (χ2v) is 6.37. The van der Waals surface area contributed by atoms with Crippen LogP contribution in [0.25, 0.3) is 0 Å². The third-order valence-electron chi connectivity index (χ3n) is 3.31. The molecule has 0 spiro atoms. The van der Waals surface area contributed by atoms with E-state index in [1.807, 2.05) is 24.3 Å². The number of nitrogens with zero attached hydrogens (tertiary/aromatic N) is 1. The highest BCUT2D eigenvalue weighted by Crippen LogP contribution is 2.17. The zero-order valence-corrected chi connectivity index (χ0v) is 14.3. The van der Waals surface area contributed by atoms with E-state index in [2.05, 4.69) is 29.6 Å². The predicted molar refractivity (Wildman–Crippen MR) is 90.8 cm³/mol. The summed E-state index contributed by atoms with van der Waals surface area (Å²) in [6, 6.07) is 9.35. The van der Waals surface area contributed by atoms with Gasteiger partial charge in [-0.05, 0) is 42.6 Å². The Balaban J connectivity index is 2.05. The summed E-state index contributed by atoms with van der Waals surface area (Å²) in [6.45, 7) is 4.17. The monoisotopic (exact) mass is 334 g/mol. The molecule has 0 saturated heterocycles. The van der Waals surface area contributed by atoms with Gasteiger partial charge in [0.2, 0.25) is 0 Å². The summed E-state index contributed by atoms with van der Waals surface area (Å²) in [6.07, 6.45) is 0.443. The molecule has 0 aliphatic heterocycles. The average molecular weight is 334 g/mol. The molecule has 0 aliphatic carbocycles. The third-order valence-corrected chi connectivity index (χ3v) is 3.86. The molecule has 1 atom stereocenters. The van der Waals surface area contributed by atoms with Crippen LogP contribution in [-0.2, 0) is 6.42 Å². The molecule has 23 heavy (non-hydrogen) atoms. The molecule has 0 aliphatic rings. The number of amides is 1. The van der Waals surface area contributed by atoms with Gasteiger partial charge >= 0.3 is 0 Å². The maximum atomic E-state index is 12.3. The number of carbonyl (C=O) groups excluding carboxylic acids is 1. The first-order valence-electron chi connectivity index (χ1n) is 7.44. The lowest BCUT2D eigenvalue weighted by atomic mass is 10.1. The molecule has 2 rings (SSSR count). The minimum absolute atomic E-state index is 0.277. The van der Waals surface area contributed by atoms with Gasteiger partial charge in [0.1, 0.15) is 11.9 Å². The standard InChI is InChI=1S/C16H22N4O2S/c1-10(2)8-12-9-14(20-22-12)16(21)19-15(18-3)11-4-6-13(23-17)7-5-11/h4-7,9-10,15,18H,8,17H2,1-3H3,(H,19,21). The topological polar surface area (TPSA) is 93.2 Å². The second-order valence-electron chi connectivity index (χ2n) is 5.66. The van der Waals surface area contributed by atoms with E-state index in [9.17, 15) is 4.79 Å². The van der Waals surface area contributed by atoms with Crippen molar-refractivity contribution < 1.29 is 9.32 Å². The van der Waals surface area contributed by atoms with Crippen molar-refractivity contribution in [2.45, 2.75) is 31.3 Å². The molecule has 0 saturated carbocycles. The van der Waals surface area contributed by atoms with Gasteiger partial charge in [-0.15, -0.1) is 0 Å². The van der Waals surface area contributed by atoms with Gasteiger partial charge in [-0.1, -0.05) is 31.1 Å². The fourth-order valence-corrected chi connectivity index (χ4v) is 2.48. The number of aromatic nitrogens is 1. The molecule has 0 bridgehead atoms. The number of carbonyl (C=O) groups is 1. The molecule has 1 unspecified atom stereocenters. The van der Waals surface area contributed by atoms with Crippen molar-refractivity contribution in [1.29, 1.82) is 0 Å². The van der Waals surface area contributed by atoms with Crippen LogP contribution in [-0.4, -0.2) is 18.1 Å². The van der Waals surface area contributed by atoms with Crippen LogP contribution in [0.3, 0.4) is 0 Å². The van der Waals surface area contributed by atoms with Crippen LogP contribution in [0, 0.1) is 5.92 Å². The van der Waals surface area contributed by atoms with Crippen molar-refractivity contribution in [1.82, 2.24) is 15.8 Å². The zero-order chi connectivity index (χ0) is 16.8. The van der Waals surface area contributed by atoms with Crippen LogP contribution >= 0.6 is 11.9 Å². The van der Waals surface area contributed by atoms with E-state index < -0.39 is 0 Å². The van der Waals surface area contributed by atoms with Crippen molar-refractivity contribution in [2.24, 2.45) is 11.1 Å². The fraction of sp³-hybridized carbons (Fsp3) is 0.375. The fourth-order valence-electron chi connectivity index (χ4n) is 2.18. The summed E-state index contributed by atoms with van der Waals surface area (Å²) in [5.74, 6) is 0.888. The summed E-state index contributed by atoms with van der Waals surface area (Å²) >= 11 is 1.18. The van der Waals surface area contributed by atoms with E-state index in [1.54, 1.807) is 13.1 Å². The summed E-state index contributed by atoms with van der Waals surface area (Å²) in [4.78, 5) is 13.3. The smallest absolute Gasteiger partial charge is 0.274 e. The Morgan fingerprint density at radius 2 is 2.04 bits per heavy atom. The molecule has 1 heterocycles. The molecule has 6 nitrogen and oxygen atoms in total. The number of hydrogen-bond donors (Lipinski definition) is 3. The molecular formula is C16H22N4O2S. The molecule has 0 fully saturated rings. The first-order valence-corrected chi connectivity index (χ1v) is 8.32. The van der Waals surface area contributed by atoms with E-state index in [1.165, 1.54) is 11.9 Å². The number of nitrogens with one attached hydrogen (secondary N) is 2. The SMILES string of the molecule is CNC(NC(=O)c1cc(CC(C)C)on1)c1ccc(SN)cc1. The minimum atomic E-state index is -0.315. The molecule has 4 N–H and O–H groups in total. The Labute approximate surface area is 140 Å². The Morgan fingerprint density at radius 1 is 1.35 bits per heavy atom. The highest BCUT2D eigenvalue weighted by molar-refractivity contribution is 7.97. The average Bonchev–Trinajstić information content (AvgIpc) is 3.00. The van der Waals surface area contributed by atoms with Crippen LogP contribution in [0.15, 0.2) is 39.8 Å². The summed E-state index contributed by atoms with van der Waals surface area (Å²) in [5.41, 5.74) is 1.22. The van der Waals surface area contributed by atoms with Crippen LogP contribution in [0.5, 0.6) is 0 Å². The first-order chi connectivity index (χ1) is 11.0. The number of nitrogens with two attached hydrogens (primary N) is 1. The Bertz CT molecular complexity index is 640. The lowest BCUT2D eigenvalue weighted by Crippen LogP contribution is -2.36. The molecule has 0 radical (unpaired) electrons. The zero-order valence-electron chi connectivity index (χ0n) is 13.5. The highest BCUT2D eigenvalue weighted by atomic mass is 32.2. The molecule has 1 aromatic carbocycles. The maximum Gasteiger partial charge on any atom is 0.274 e. The van der Waals surface area contributed by atoms with Crippen LogP contribution in [0.4, 0.5) is 0 Å². The predicted octanol–water partition coefficient (Wildman–Crippen LogP) is 2.49. The van der Waals surface area contributed by atoms with Gasteiger partial charge in [-0.25, -0.2) is 0 Å². The molecular weight excluding hydrogens is 312 g/mol. The van der Waals surface area contributed by atoms with Crippen molar-refractivity contribution in [3.8, 4) is 0 Å². The summed E-state index contributed by atoms with van der Waals surface area (Å²) in [7, 11) is 1.78. The van der Waals surface area contributed by atoms with Gasteiger partial charge in [0.05, 0.1) is 0 Å². The highest BCUT2D eigenvalue weighted by Gasteiger charge is 2.18. The number of benzene rings is 1. The van der Waals surface area contributed by atoms with E-state index >= 15 is 0 Å². The van der Waals surface area contributed by atoms with Gasteiger partial charge in [0.25, 0.3) is 5.91 Å². The Morgan fingerprint density at radius 3 is 2.61 bits per heavy atom. The first kappa shape index (κ1) is 17.5. The number of hydrogen-bond acceptors (Lipinski definition) is 6. The normalized spacial score (nSPS) is 12.4. The van der Waals surface area contributed by atoms with Crippen LogP contribution in [0.1, 0.15) is 41.8 Å². The summed E-state index contributed by atoms with van der Waals surface area (Å²) in [5, 5.41) is 15.3. The minimum Gasteiger partial charge on any atom is -0.361 e. The van der Waals surface area contributed by atoms with Gasteiger partial charge in [0, 0.05) is 17.4 Å². The molecule has 2 aromatic rings. The van der Waals surface area contributed by atoms with Gasteiger partial charge in [-0.3, -0.25) is 15.3 Å². The largest absolute Gasteiger partial charge is 0.361 e. The van der Waals surface area contributed by atoms with E-state index in [-0.39, 0.29) is 17.8 Å². The Hall–Kier alpha value is -1.83. The van der Waals surface area contributed by atoms with Crippen LogP contribution in [0.2, 0.25) is 0 Å². The quantitative estimate of drug-likeness (QED) is 0.532. The Kier molecular flexibility index (Phi) is 6.20. The van der Waals surface area contributed by atoms with E-state index in [4.69, 9.17) is 9.66 Å². The van der Waals surface area contributed by atoms with Crippen molar-refractivity contribution in [3.63, 3.8) is 0 Å². The van der Waals surface area contributed by atoms with Gasteiger partial charge in [-0.2, -0.15) is 0 Å². The summed E-state index contributed by atoms with van der Waals surface area (Å²) < 4.78 is 5.20. The molecule has 7 heteroatoms. The van der Waals surface area contributed by atoms with E-state index in [0.29, 0.717) is 5.92 Å². The van der Waals surface area contributed by atoms with E-state index in [0.717, 1.165) is 22.6 Å².